The number of allylic oxidation sites excluding steroid dienone is 1. The highest BCUT2D eigenvalue weighted by Crippen LogP contribution is 2.42. The van der Waals surface area contributed by atoms with Gasteiger partial charge < -0.3 is 5.32 Å². The van der Waals surface area contributed by atoms with Crippen molar-refractivity contribution in [3.05, 3.63) is 101 Å². The molecule has 0 radical (unpaired) electrons. The van der Waals surface area contributed by atoms with Gasteiger partial charge in [-0.05, 0) is 90.1 Å². The summed E-state index contributed by atoms with van der Waals surface area (Å²) in [6.45, 7) is 10.00. The molecule has 3 nitrogen and oxygen atoms in total. The molecule has 1 N–H and O–H groups in total. The third-order valence-corrected chi connectivity index (χ3v) is 8.44. The number of anilines is 1. The number of halogens is 3. The van der Waals surface area contributed by atoms with E-state index in [9.17, 15) is 18.0 Å². The van der Waals surface area contributed by atoms with Gasteiger partial charge in [-0.1, -0.05) is 61.9 Å². The molecule has 6 heteroatoms. The van der Waals surface area contributed by atoms with Gasteiger partial charge in [-0.3, -0.25) is 9.69 Å². The van der Waals surface area contributed by atoms with Gasteiger partial charge in [0.25, 0.3) is 5.91 Å². The minimum absolute atomic E-state index is 0.287. The van der Waals surface area contributed by atoms with E-state index in [1.165, 1.54) is 41.7 Å². The molecule has 3 aromatic carbocycles. The van der Waals surface area contributed by atoms with Gasteiger partial charge in [0.2, 0.25) is 0 Å². The Bertz CT molecular complexity index is 1390. The number of rotatable bonds is 5. The van der Waals surface area contributed by atoms with Crippen molar-refractivity contribution in [2.45, 2.75) is 52.8 Å². The van der Waals surface area contributed by atoms with E-state index in [1.807, 2.05) is 6.07 Å². The molecule has 0 saturated heterocycles. The van der Waals surface area contributed by atoms with Crippen molar-refractivity contribution in [1.29, 1.82) is 0 Å². The van der Waals surface area contributed by atoms with Gasteiger partial charge in [0.05, 0.1) is 5.56 Å². The zero-order valence-electron chi connectivity index (χ0n) is 22.7. The lowest BCUT2D eigenvalue weighted by Crippen LogP contribution is -2.41. The van der Waals surface area contributed by atoms with Crippen LogP contribution in [0.1, 0.15) is 60.7 Å². The van der Waals surface area contributed by atoms with Crippen LogP contribution in [0.3, 0.4) is 0 Å². The Morgan fingerprint density at radius 2 is 1.77 bits per heavy atom. The molecular weight excluding hydrogens is 497 g/mol. The van der Waals surface area contributed by atoms with E-state index in [4.69, 9.17) is 0 Å². The summed E-state index contributed by atoms with van der Waals surface area (Å²) in [4.78, 5) is 15.8. The van der Waals surface area contributed by atoms with E-state index >= 15 is 0 Å². The van der Waals surface area contributed by atoms with E-state index in [0.29, 0.717) is 28.0 Å². The first-order valence-corrected chi connectivity index (χ1v) is 13.6. The molecule has 204 valence electrons. The van der Waals surface area contributed by atoms with Crippen molar-refractivity contribution >= 4 is 11.6 Å². The monoisotopic (exact) mass is 532 g/mol. The van der Waals surface area contributed by atoms with E-state index < -0.39 is 11.7 Å². The van der Waals surface area contributed by atoms with Gasteiger partial charge in [-0.2, -0.15) is 13.2 Å². The van der Waals surface area contributed by atoms with Crippen molar-refractivity contribution in [1.82, 2.24) is 4.90 Å². The summed E-state index contributed by atoms with van der Waals surface area (Å²) < 4.78 is 39.0. The summed E-state index contributed by atoms with van der Waals surface area (Å²) >= 11 is 0. The van der Waals surface area contributed by atoms with Gasteiger partial charge in [0.1, 0.15) is 0 Å². The number of nitrogens with zero attached hydrogens (tertiary/aromatic N) is 1. The highest BCUT2D eigenvalue weighted by molar-refractivity contribution is 6.08. The summed E-state index contributed by atoms with van der Waals surface area (Å²) in [5.41, 5.74) is 5.93. The summed E-state index contributed by atoms with van der Waals surface area (Å²) in [7, 11) is 0. The molecular formula is C33H35F3N2O. The number of fused-ring (bicyclic) bond motifs is 1. The number of hydrogen-bond donors (Lipinski definition) is 1. The largest absolute Gasteiger partial charge is 0.416 e. The number of alkyl halides is 3. The molecule has 0 saturated carbocycles. The van der Waals surface area contributed by atoms with Gasteiger partial charge in [0.15, 0.2) is 0 Å². The van der Waals surface area contributed by atoms with Crippen LogP contribution < -0.4 is 5.32 Å². The lowest BCUT2D eigenvalue weighted by molar-refractivity contribution is -0.137. The van der Waals surface area contributed by atoms with Gasteiger partial charge in [-0.25, -0.2) is 0 Å². The second-order valence-electron chi connectivity index (χ2n) is 11.6. The first kappa shape index (κ1) is 27.2. The van der Waals surface area contributed by atoms with Crippen LogP contribution in [0.15, 0.2) is 78.4 Å². The van der Waals surface area contributed by atoms with Crippen molar-refractivity contribution in [3.63, 3.8) is 0 Å². The molecule has 0 aromatic heterocycles. The van der Waals surface area contributed by atoms with Crippen LogP contribution in [-0.4, -0.2) is 23.9 Å². The second-order valence-corrected chi connectivity index (χ2v) is 11.6. The minimum atomic E-state index is -4.40. The van der Waals surface area contributed by atoms with E-state index in [-0.39, 0.29) is 5.91 Å². The Balaban J connectivity index is 1.29. The van der Waals surface area contributed by atoms with Crippen LogP contribution in [0.4, 0.5) is 18.9 Å². The molecule has 0 spiro atoms. The summed E-state index contributed by atoms with van der Waals surface area (Å²) in [5.74, 6) is 0.278. The first-order valence-electron chi connectivity index (χ1n) is 13.6. The van der Waals surface area contributed by atoms with E-state index in [2.05, 4.69) is 49.2 Å². The molecule has 1 atom stereocenters. The smallest absolute Gasteiger partial charge is 0.322 e. The molecule has 0 fully saturated rings. The number of benzene rings is 3. The normalized spacial score (nSPS) is 19.2. The Morgan fingerprint density at radius 3 is 2.49 bits per heavy atom. The second kappa shape index (κ2) is 10.6. The molecule has 1 amide bonds. The summed E-state index contributed by atoms with van der Waals surface area (Å²) in [6, 6.07) is 18.0. The predicted octanol–water partition coefficient (Wildman–Crippen LogP) is 8.37. The molecule has 2 aliphatic rings. The van der Waals surface area contributed by atoms with Crippen LogP contribution in [0.2, 0.25) is 0 Å². The quantitative estimate of drug-likeness (QED) is 0.335. The van der Waals surface area contributed by atoms with Crippen molar-refractivity contribution in [2.75, 3.05) is 18.4 Å². The Kier molecular flexibility index (Phi) is 7.43. The maximum atomic E-state index is 13.3. The van der Waals surface area contributed by atoms with Gasteiger partial charge >= 0.3 is 6.18 Å². The first-order chi connectivity index (χ1) is 18.5. The molecule has 1 unspecified atom stereocenters. The Morgan fingerprint density at radius 1 is 1.03 bits per heavy atom. The van der Waals surface area contributed by atoms with Crippen molar-refractivity contribution in [2.24, 2.45) is 11.3 Å². The maximum absolute atomic E-state index is 13.3. The predicted molar refractivity (Wildman–Crippen MR) is 151 cm³/mol. The van der Waals surface area contributed by atoms with E-state index in [0.717, 1.165) is 43.9 Å². The van der Waals surface area contributed by atoms with Crippen LogP contribution in [0.25, 0.3) is 11.1 Å². The molecule has 0 bridgehead atoms. The highest BCUT2D eigenvalue weighted by Gasteiger charge is 2.34. The number of hydrogen-bond acceptors (Lipinski definition) is 2. The third-order valence-electron chi connectivity index (χ3n) is 8.44. The van der Waals surface area contributed by atoms with Crippen molar-refractivity contribution in [3.8, 4) is 11.1 Å². The molecule has 1 aliphatic heterocycles. The fourth-order valence-corrected chi connectivity index (χ4v) is 6.07. The SMILES string of the molecule is CC1=CCCC(C)(C)C1CN1CCc2cc(NC(=O)c3ccccc3-c3ccc(C(F)(F)F)cc3)ccc2C1. The van der Waals surface area contributed by atoms with Crippen LogP contribution in [-0.2, 0) is 19.1 Å². The average Bonchev–Trinajstić information content (AvgIpc) is 2.90. The Labute approximate surface area is 228 Å². The zero-order chi connectivity index (χ0) is 27.8. The number of carbonyl (C=O) groups is 1. The lowest BCUT2D eigenvalue weighted by atomic mass is 9.68. The molecule has 1 heterocycles. The number of amides is 1. The van der Waals surface area contributed by atoms with Crippen molar-refractivity contribution < 1.29 is 18.0 Å². The molecule has 1 aliphatic carbocycles. The topological polar surface area (TPSA) is 32.3 Å². The fourth-order valence-electron chi connectivity index (χ4n) is 6.07. The minimum Gasteiger partial charge on any atom is -0.322 e. The van der Waals surface area contributed by atoms with Crippen LogP contribution in [0, 0.1) is 11.3 Å². The number of nitrogens with one attached hydrogen (secondary N) is 1. The molecule has 39 heavy (non-hydrogen) atoms. The Hall–Kier alpha value is -3.38. The zero-order valence-corrected chi connectivity index (χ0v) is 22.7. The fraction of sp³-hybridized carbons (Fsp3) is 0.364. The standard InChI is InChI=1S/C33H35F3N2O/c1-22-7-6-17-32(2,3)30(22)21-38-18-16-24-19-27(15-12-25(24)20-38)37-31(39)29-9-5-4-8-28(29)23-10-13-26(14-11-23)33(34,35)36/h4-5,7-15,19,30H,6,16-18,20-21H2,1-3H3,(H,37,39). The van der Waals surface area contributed by atoms with Gasteiger partial charge in [-0.15, -0.1) is 0 Å². The molecule has 3 aromatic rings. The van der Waals surface area contributed by atoms with Crippen LogP contribution >= 0.6 is 0 Å². The maximum Gasteiger partial charge on any atom is 0.416 e. The van der Waals surface area contributed by atoms with E-state index in [1.54, 1.807) is 24.3 Å². The summed E-state index contributed by atoms with van der Waals surface area (Å²) in [5, 5.41) is 3.01. The lowest BCUT2D eigenvalue weighted by Gasteiger charge is -2.42. The average molecular weight is 533 g/mol. The summed E-state index contributed by atoms with van der Waals surface area (Å²) in [6.07, 6.45) is 1.32. The van der Waals surface area contributed by atoms with Gasteiger partial charge in [0, 0.05) is 30.9 Å². The highest BCUT2D eigenvalue weighted by atomic mass is 19.4. The molecule has 5 rings (SSSR count). The van der Waals surface area contributed by atoms with Crippen LogP contribution in [0.5, 0.6) is 0 Å². The third kappa shape index (κ3) is 5.96. The number of carbonyl (C=O) groups excluding carboxylic acids is 1.